The Labute approximate surface area is 109 Å². The molecule has 0 bridgehead atoms. The average Bonchev–Trinajstić information content (AvgIpc) is 2.79. The standard InChI is InChI=1S/C11H16N4O4/c1-6(14-7(2)16)10(17)15-9(11(18)19)3-8-4-12-5-13-8/h4-6,9H,3H2,1-2H3,(H,12,13)(H,14,16)(H,15,17)(H,18,19)/t6-,9-/m0/s1. The molecule has 0 saturated heterocycles. The molecule has 19 heavy (non-hydrogen) atoms. The van der Waals surface area contributed by atoms with Crippen LogP contribution in [0.2, 0.25) is 0 Å². The third-order valence-corrected chi connectivity index (χ3v) is 2.41. The summed E-state index contributed by atoms with van der Waals surface area (Å²) >= 11 is 0. The Hall–Kier alpha value is -2.38. The van der Waals surface area contributed by atoms with Crippen LogP contribution in [0.1, 0.15) is 19.5 Å². The van der Waals surface area contributed by atoms with E-state index in [9.17, 15) is 14.4 Å². The van der Waals surface area contributed by atoms with Gasteiger partial charge in [0.1, 0.15) is 12.1 Å². The summed E-state index contributed by atoms with van der Waals surface area (Å²) < 4.78 is 0. The van der Waals surface area contributed by atoms with E-state index in [0.29, 0.717) is 5.69 Å². The Morgan fingerprint density at radius 3 is 2.58 bits per heavy atom. The smallest absolute Gasteiger partial charge is 0.326 e. The number of hydrogen-bond acceptors (Lipinski definition) is 4. The second-order valence-electron chi connectivity index (χ2n) is 4.10. The van der Waals surface area contributed by atoms with Crippen LogP contribution in [0, 0.1) is 0 Å². The normalized spacial score (nSPS) is 13.4. The molecule has 0 radical (unpaired) electrons. The summed E-state index contributed by atoms with van der Waals surface area (Å²) in [5, 5.41) is 13.8. The van der Waals surface area contributed by atoms with Crippen molar-refractivity contribution in [2.45, 2.75) is 32.4 Å². The molecule has 1 aromatic rings. The lowest BCUT2D eigenvalue weighted by Gasteiger charge is -2.17. The van der Waals surface area contributed by atoms with Gasteiger partial charge < -0.3 is 20.7 Å². The first-order valence-corrected chi connectivity index (χ1v) is 5.67. The van der Waals surface area contributed by atoms with E-state index in [1.165, 1.54) is 26.4 Å². The summed E-state index contributed by atoms with van der Waals surface area (Å²) in [7, 11) is 0. The van der Waals surface area contributed by atoms with Crippen LogP contribution in [0.15, 0.2) is 12.5 Å². The molecule has 8 nitrogen and oxygen atoms in total. The summed E-state index contributed by atoms with van der Waals surface area (Å²) in [5.74, 6) is -2.07. The number of rotatable bonds is 6. The van der Waals surface area contributed by atoms with Crippen LogP contribution in [-0.4, -0.2) is 44.9 Å². The summed E-state index contributed by atoms with van der Waals surface area (Å²) in [5.41, 5.74) is 0.597. The fourth-order valence-corrected chi connectivity index (χ4v) is 1.48. The Balaban J connectivity index is 2.61. The van der Waals surface area contributed by atoms with Crippen molar-refractivity contribution >= 4 is 17.8 Å². The minimum atomic E-state index is -1.15. The maximum atomic E-state index is 11.7. The number of carbonyl (C=O) groups excluding carboxylic acids is 2. The molecule has 0 spiro atoms. The highest BCUT2D eigenvalue weighted by molar-refractivity contribution is 5.89. The Kier molecular flexibility index (Phi) is 5.04. The summed E-state index contributed by atoms with van der Waals surface area (Å²) in [6.45, 7) is 2.76. The monoisotopic (exact) mass is 268 g/mol. The van der Waals surface area contributed by atoms with Crippen molar-refractivity contribution in [3.8, 4) is 0 Å². The van der Waals surface area contributed by atoms with Crippen LogP contribution in [0.4, 0.5) is 0 Å². The number of aromatic amines is 1. The number of amides is 2. The Morgan fingerprint density at radius 1 is 1.42 bits per heavy atom. The first kappa shape index (κ1) is 14.7. The van der Waals surface area contributed by atoms with E-state index < -0.39 is 24.0 Å². The molecule has 104 valence electrons. The Bertz CT molecular complexity index is 457. The number of nitrogens with zero attached hydrogens (tertiary/aromatic N) is 1. The van der Waals surface area contributed by atoms with Crippen molar-refractivity contribution in [1.29, 1.82) is 0 Å². The minimum absolute atomic E-state index is 0.0911. The fraction of sp³-hybridized carbons (Fsp3) is 0.455. The molecule has 0 fully saturated rings. The maximum absolute atomic E-state index is 11.7. The zero-order valence-corrected chi connectivity index (χ0v) is 10.6. The molecular formula is C11H16N4O4. The number of nitrogens with one attached hydrogen (secondary N) is 3. The maximum Gasteiger partial charge on any atom is 0.326 e. The van der Waals surface area contributed by atoms with Crippen LogP contribution in [0.3, 0.4) is 0 Å². The van der Waals surface area contributed by atoms with Crippen LogP contribution in [0.5, 0.6) is 0 Å². The third kappa shape index (κ3) is 4.78. The minimum Gasteiger partial charge on any atom is -0.480 e. The topological polar surface area (TPSA) is 124 Å². The van der Waals surface area contributed by atoms with Crippen molar-refractivity contribution in [2.75, 3.05) is 0 Å². The lowest BCUT2D eigenvalue weighted by molar-refractivity contribution is -0.142. The molecule has 0 aliphatic carbocycles. The number of carboxylic acid groups (broad SMARTS) is 1. The van der Waals surface area contributed by atoms with E-state index in [1.54, 1.807) is 0 Å². The molecule has 1 aromatic heterocycles. The molecule has 8 heteroatoms. The van der Waals surface area contributed by atoms with Gasteiger partial charge in [-0.25, -0.2) is 9.78 Å². The van der Waals surface area contributed by atoms with E-state index in [2.05, 4.69) is 20.6 Å². The van der Waals surface area contributed by atoms with Gasteiger partial charge in [0, 0.05) is 25.2 Å². The van der Waals surface area contributed by atoms with E-state index in [0.717, 1.165) is 0 Å². The zero-order chi connectivity index (χ0) is 14.4. The van der Waals surface area contributed by atoms with Crippen LogP contribution < -0.4 is 10.6 Å². The number of aromatic nitrogens is 2. The molecule has 0 aromatic carbocycles. The highest BCUT2D eigenvalue weighted by atomic mass is 16.4. The lowest BCUT2D eigenvalue weighted by atomic mass is 10.1. The van der Waals surface area contributed by atoms with E-state index in [-0.39, 0.29) is 12.3 Å². The Morgan fingerprint density at radius 2 is 2.11 bits per heavy atom. The van der Waals surface area contributed by atoms with Gasteiger partial charge >= 0.3 is 5.97 Å². The number of hydrogen-bond donors (Lipinski definition) is 4. The number of carbonyl (C=O) groups is 3. The first-order chi connectivity index (χ1) is 8.90. The van der Waals surface area contributed by atoms with Gasteiger partial charge in [0.25, 0.3) is 0 Å². The van der Waals surface area contributed by atoms with Crippen LogP contribution in [-0.2, 0) is 20.8 Å². The van der Waals surface area contributed by atoms with Gasteiger partial charge in [-0.1, -0.05) is 0 Å². The fourth-order valence-electron chi connectivity index (χ4n) is 1.48. The SMILES string of the molecule is CC(=O)N[C@@H](C)C(=O)N[C@@H](Cc1cnc[nH]1)C(=O)O. The number of aliphatic carboxylic acids is 1. The van der Waals surface area contributed by atoms with Crippen molar-refractivity contribution in [3.63, 3.8) is 0 Å². The van der Waals surface area contributed by atoms with Gasteiger partial charge in [-0.15, -0.1) is 0 Å². The predicted octanol–water partition coefficient (Wildman–Crippen LogP) is -0.954. The summed E-state index contributed by atoms with van der Waals surface area (Å²) in [4.78, 5) is 40.1. The molecule has 0 unspecified atom stereocenters. The molecule has 2 amide bonds. The van der Waals surface area contributed by atoms with E-state index in [4.69, 9.17) is 5.11 Å². The zero-order valence-electron chi connectivity index (χ0n) is 10.6. The molecule has 4 N–H and O–H groups in total. The number of carboxylic acids is 1. The summed E-state index contributed by atoms with van der Waals surface area (Å²) in [6, 6.07) is -1.87. The van der Waals surface area contributed by atoms with Gasteiger partial charge in [-0.3, -0.25) is 9.59 Å². The van der Waals surface area contributed by atoms with Crippen LogP contribution >= 0.6 is 0 Å². The van der Waals surface area contributed by atoms with Gasteiger partial charge in [0.05, 0.1) is 6.33 Å². The van der Waals surface area contributed by atoms with Crippen molar-refractivity contribution in [3.05, 3.63) is 18.2 Å². The summed E-state index contributed by atoms with van der Waals surface area (Å²) in [6.07, 6.45) is 3.00. The molecular weight excluding hydrogens is 252 g/mol. The molecule has 0 aliphatic rings. The molecule has 2 atom stereocenters. The third-order valence-electron chi connectivity index (χ3n) is 2.41. The van der Waals surface area contributed by atoms with Gasteiger partial charge in [0.15, 0.2) is 0 Å². The number of H-pyrrole nitrogens is 1. The van der Waals surface area contributed by atoms with Crippen molar-refractivity contribution < 1.29 is 19.5 Å². The lowest BCUT2D eigenvalue weighted by Crippen LogP contribution is -2.50. The predicted molar refractivity (Wildman–Crippen MR) is 65.1 cm³/mol. The van der Waals surface area contributed by atoms with Gasteiger partial charge in [-0.2, -0.15) is 0 Å². The largest absolute Gasteiger partial charge is 0.480 e. The van der Waals surface area contributed by atoms with Crippen molar-refractivity contribution in [1.82, 2.24) is 20.6 Å². The molecule has 0 saturated carbocycles. The van der Waals surface area contributed by atoms with Gasteiger partial charge in [0.2, 0.25) is 11.8 Å². The first-order valence-electron chi connectivity index (χ1n) is 5.67. The highest BCUT2D eigenvalue weighted by Crippen LogP contribution is 1.99. The molecule has 1 rings (SSSR count). The second-order valence-corrected chi connectivity index (χ2v) is 4.10. The quantitative estimate of drug-likeness (QED) is 0.529. The van der Waals surface area contributed by atoms with Crippen molar-refractivity contribution in [2.24, 2.45) is 0 Å². The van der Waals surface area contributed by atoms with Crippen LogP contribution in [0.25, 0.3) is 0 Å². The molecule has 0 aliphatic heterocycles. The van der Waals surface area contributed by atoms with Gasteiger partial charge in [-0.05, 0) is 6.92 Å². The second kappa shape index (κ2) is 6.53. The molecule has 1 heterocycles. The van der Waals surface area contributed by atoms with E-state index in [1.807, 2.05) is 0 Å². The average molecular weight is 268 g/mol. The highest BCUT2D eigenvalue weighted by Gasteiger charge is 2.23. The number of imidazole rings is 1. The van der Waals surface area contributed by atoms with E-state index >= 15 is 0 Å².